The molecule has 0 aliphatic heterocycles. The van der Waals surface area contributed by atoms with Gasteiger partial charge in [0.15, 0.2) is 0 Å². The summed E-state index contributed by atoms with van der Waals surface area (Å²) >= 11 is 12.1. The number of halogens is 2. The van der Waals surface area contributed by atoms with Crippen molar-refractivity contribution in [2.24, 2.45) is 0 Å². The Morgan fingerprint density at radius 3 is 2.48 bits per heavy atom. The van der Waals surface area contributed by atoms with E-state index in [2.05, 4.69) is 5.32 Å². The smallest absolute Gasteiger partial charge is 0.226 e. The van der Waals surface area contributed by atoms with Gasteiger partial charge in [-0.1, -0.05) is 41.4 Å². The van der Waals surface area contributed by atoms with E-state index in [4.69, 9.17) is 23.2 Å². The van der Waals surface area contributed by atoms with Gasteiger partial charge >= 0.3 is 0 Å². The van der Waals surface area contributed by atoms with Gasteiger partial charge in [-0.25, -0.2) is 0 Å². The highest BCUT2D eigenvalue weighted by Crippen LogP contribution is 2.20. The first kappa shape index (κ1) is 19.3. The number of hydrogen-bond acceptors (Lipinski definition) is 2. The van der Waals surface area contributed by atoms with Crippen LogP contribution in [0, 0.1) is 6.92 Å². The Hall–Kier alpha value is -2.04. The number of amides is 2. The molecule has 0 saturated heterocycles. The normalized spacial score (nSPS) is 10.4. The van der Waals surface area contributed by atoms with Gasteiger partial charge in [-0.2, -0.15) is 0 Å². The molecule has 2 aromatic carbocycles. The molecule has 0 aromatic heterocycles. The third-order valence-corrected chi connectivity index (χ3v) is 4.44. The van der Waals surface area contributed by atoms with E-state index in [1.807, 2.05) is 25.1 Å². The van der Waals surface area contributed by atoms with Crippen LogP contribution in [0.3, 0.4) is 0 Å². The maximum Gasteiger partial charge on any atom is 0.226 e. The minimum atomic E-state index is -0.157. The maximum absolute atomic E-state index is 12.2. The molecule has 132 valence electrons. The molecule has 0 unspecified atom stereocenters. The average molecular weight is 379 g/mol. The number of nitrogens with one attached hydrogen (secondary N) is 1. The summed E-state index contributed by atoms with van der Waals surface area (Å²) in [6.45, 7) is 4.06. The van der Waals surface area contributed by atoms with Gasteiger partial charge in [0.25, 0.3) is 0 Å². The molecular weight excluding hydrogens is 359 g/mol. The van der Waals surface area contributed by atoms with Crippen molar-refractivity contribution in [2.45, 2.75) is 26.8 Å². The van der Waals surface area contributed by atoms with Crippen LogP contribution in [-0.2, 0) is 16.1 Å². The van der Waals surface area contributed by atoms with E-state index in [1.165, 1.54) is 6.92 Å². The van der Waals surface area contributed by atoms with Crippen molar-refractivity contribution in [3.8, 4) is 0 Å². The third-order valence-electron chi connectivity index (χ3n) is 3.84. The van der Waals surface area contributed by atoms with Gasteiger partial charge in [0.05, 0.1) is 0 Å². The van der Waals surface area contributed by atoms with Gasteiger partial charge in [0.1, 0.15) is 0 Å². The Bertz CT molecular complexity index is 778. The molecule has 2 rings (SSSR count). The van der Waals surface area contributed by atoms with E-state index >= 15 is 0 Å². The molecule has 0 aliphatic rings. The summed E-state index contributed by atoms with van der Waals surface area (Å²) in [5.74, 6) is -0.258. The van der Waals surface area contributed by atoms with Crippen LogP contribution in [0.1, 0.15) is 24.5 Å². The lowest BCUT2D eigenvalue weighted by Gasteiger charge is -2.21. The first-order valence-electron chi connectivity index (χ1n) is 7.91. The lowest BCUT2D eigenvalue weighted by Crippen LogP contribution is -2.31. The lowest BCUT2D eigenvalue weighted by atomic mass is 10.2. The summed E-state index contributed by atoms with van der Waals surface area (Å²) < 4.78 is 0. The summed E-state index contributed by atoms with van der Waals surface area (Å²) in [4.78, 5) is 25.7. The molecule has 0 aliphatic carbocycles. The highest BCUT2D eigenvalue weighted by molar-refractivity contribution is 6.31. The fraction of sp³-hybridized carbons (Fsp3) is 0.263. The highest BCUT2D eigenvalue weighted by Gasteiger charge is 2.14. The summed E-state index contributed by atoms with van der Waals surface area (Å²) in [5.41, 5.74) is 2.46. The number of carbonyl (C=O) groups excluding carboxylic acids is 2. The van der Waals surface area contributed by atoms with Gasteiger partial charge < -0.3 is 10.2 Å². The van der Waals surface area contributed by atoms with Crippen molar-refractivity contribution < 1.29 is 9.59 Å². The van der Waals surface area contributed by atoms with E-state index in [0.717, 1.165) is 16.8 Å². The SMILES string of the molecule is CC(=O)N(CCC(=O)Nc1ccc(Cl)cc1C)Cc1ccccc1Cl. The Labute approximate surface area is 157 Å². The van der Waals surface area contributed by atoms with Crippen molar-refractivity contribution in [1.29, 1.82) is 0 Å². The van der Waals surface area contributed by atoms with E-state index < -0.39 is 0 Å². The van der Waals surface area contributed by atoms with Crippen molar-refractivity contribution in [2.75, 3.05) is 11.9 Å². The molecule has 6 heteroatoms. The Balaban J connectivity index is 1.95. The van der Waals surface area contributed by atoms with Crippen LogP contribution < -0.4 is 5.32 Å². The van der Waals surface area contributed by atoms with Crippen molar-refractivity contribution in [1.82, 2.24) is 4.90 Å². The van der Waals surface area contributed by atoms with Crippen LogP contribution in [0.5, 0.6) is 0 Å². The van der Waals surface area contributed by atoms with Crippen LogP contribution in [0.25, 0.3) is 0 Å². The molecule has 2 aromatic rings. The first-order chi connectivity index (χ1) is 11.9. The summed E-state index contributed by atoms with van der Waals surface area (Å²) in [5, 5.41) is 4.07. The van der Waals surface area contributed by atoms with Gasteiger partial charge in [0.2, 0.25) is 11.8 Å². The van der Waals surface area contributed by atoms with E-state index in [1.54, 1.807) is 29.2 Å². The van der Waals surface area contributed by atoms with E-state index in [0.29, 0.717) is 23.1 Å². The average Bonchev–Trinajstić information content (AvgIpc) is 2.55. The van der Waals surface area contributed by atoms with E-state index in [-0.39, 0.29) is 18.2 Å². The largest absolute Gasteiger partial charge is 0.338 e. The standard InChI is InChI=1S/C19H20Cl2N2O2/c1-13-11-16(20)7-8-18(13)22-19(25)9-10-23(14(2)24)12-15-5-3-4-6-17(15)21/h3-8,11H,9-10,12H2,1-2H3,(H,22,25). The maximum atomic E-state index is 12.2. The van der Waals surface area contributed by atoms with Gasteiger partial charge in [-0.05, 0) is 42.3 Å². The quantitative estimate of drug-likeness (QED) is 0.792. The van der Waals surface area contributed by atoms with Crippen molar-refractivity contribution in [3.63, 3.8) is 0 Å². The lowest BCUT2D eigenvalue weighted by molar-refractivity contribution is -0.129. The highest BCUT2D eigenvalue weighted by atomic mass is 35.5. The predicted octanol–water partition coefficient (Wildman–Crippen LogP) is 4.68. The molecular formula is C19H20Cl2N2O2. The number of aryl methyl sites for hydroxylation is 1. The molecule has 2 amide bonds. The number of benzene rings is 2. The molecule has 0 atom stereocenters. The number of anilines is 1. The van der Waals surface area contributed by atoms with Crippen LogP contribution in [-0.4, -0.2) is 23.3 Å². The zero-order valence-electron chi connectivity index (χ0n) is 14.2. The second kappa shape index (κ2) is 8.88. The fourth-order valence-corrected chi connectivity index (χ4v) is 2.82. The van der Waals surface area contributed by atoms with Crippen LogP contribution in [0.4, 0.5) is 5.69 Å². The Kier molecular flexibility index (Phi) is 6.85. The van der Waals surface area contributed by atoms with Gasteiger partial charge in [0, 0.05) is 42.2 Å². The number of carbonyl (C=O) groups is 2. The van der Waals surface area contributed by atoms with Crippen LogP contribution >= 0.6 is 23.2 Å². The molecule has 0 bridgehead atoms. The first-order valence-corrected chi connectivity index (χ1v) is 8.67. The topological polar surface area (TPSA) is 49.4 Å². The van der Waals surface area contributed by atoms with Crippen LogP contribution in [0.2, 0.25) is 10.0 Å². The monoisotopic (exact) mass is 378 g/mol. The zero-order chi connectivity index (χ0) is 18.4. The molecule has 0 saturated carbocycles. The second-order valence-electron chi connectivity index (χ2n) is 5.79. The minimum Gasteiger partial charge on any atom is -0.338 e. The molecule has 0 fully saturated rings. The summed E-state index contributed by atoms with van der Waals surface area (Å²) in [6.07, 6.45) is 0.200. The van der Waals surface area contributed by atoms with Crippen molar-refractivity contribution in [3.05, 3.63) is 63.6 Å². The van der Waals surface area contributed by atoms with Gasteiger partial charge in [-0.3, -0.25) is 9.59 Å². The molecule has 25 heavy (non-hydrogen) atoms. The number of nitrogens with zero attached hydrogens (tertiary/aromatic N) is 1. The number of hydrogen-bond donors (Lipinski definition) is 1. The van der Waals surface area contributed by atoms with Crippen LogP contribution in [0.15, 0.2) is 42.5 Å². The summed E-state index contributed by atoms with van der Waals surface area (Å²) in [7, 11) is 0. The fourth-order valence-electron chi connectivity index (χ4n) is 2.40. The zero-order valence-corrected chi connectivity index (χ0v) is 15.7. The van der Waals surface area contributed by atoms with Gasteiger partial charge in [-0.15, -0.1) is 0 Å². The van der Waals surface area contributed by atoms with Crippen molar-refractivity contribution >= 4 is 40.7 Å². The predicted molar refractivity (Wildman–Crippen MR) is 102 cm³/mol. The Morgan fingerprint density at radius 2 is 1.84 bits per heavy atom. The molecule has 0 spiro atoms. The molecule has 0 heterocycles. The van der Waals surface area contributed by atoms with E-state index in [9.17, 15) is 9.59 Å². The molecule has 1 N–H and O–H groups in total. The number of rotatable bonds is 6. The Morgan fingerprint density at radius 1 is 1.12 bits per heavy atom. The minimum absolute atomic E-state index is 0.101. The third kappa shape index (κ3) is 5.76. The molecule has 4 nitrogen and oxygen atoms in total. The molecule has 0 radical (unpaired) electrons. The summed E-state index contributed by atoms with van der Waals surface area (Å²) in [6, 6.07) is 12.6. The second-order valence-corrected chi connectivity index (χ2v) is 6.63.